The molecule has 0 radical (unpaired) electrons. The third kappa shape index (κ3) is 4.19. The van der Waals surface area contributed by atoms with Crippen molar-refractivity contribution in [1.82, 2.24) is 4.90 Å². The van der Waals surface area contributed by atoms with Gasteiger partial charge < -0.3 is 5.11 Å². The van der Waals surface area contributed by atoms with E-state index in [4.69, 9.17) is 5.11 Å². The van der Waals surface area contributed by atoms with Gasteiger partial charge in [0.1, 0.15) is 0 Å². The minimum Gasteiger partial charge on any atom is -0.480 e. The summed E-state index contributed by atoms with van der Waals surface area (Å²) < 4.78 is 0. The van der Waals surface area contributed by atoms with Crippen molar-refractivity contribution in [2.45, 2.75) is 26.2 Å². The van der Waals surface area contributed by atoms with Gasteiger partial charge in [-0.15, -0.1) is 0 Å². The summed E-state index contributed by atoms with van der Waals surface area (Å²) in [6, 6.07) is 8.41. The number of hydrogen-bond acceptors (Lipinski definition) is 2. The zero-order valence-electron chi connectivity index (χ0n) is 11.0. The second kappa shape index (κ2) is 5.32. The summed E-state index contributed by atoms with van der Waals surface area (Å²) in [5.41, 5.74) is 2.43. The van der Waals surface area contributed by atoms with Crippen molar-refractivity contribution in [3.05, 3.63) is 35.4 Å². The lowest BCUT2D eigenvalue weighted by molar-refractivity contribution is -0.138. The van der Waals surface area contributed by atoms with E-state index >= 15 is 0 Å². The third-order valence-electron chi connectivity index (χ3n) is 2.90. The van der Waals surface area contributed by atoms with Crippen molar-refractivity contribution >= 4 is 5.97 Å². The van der Waals surface area contributed by atoms with Gasteiger partial charge in [0.15, 0.2) is 0 Å². The molecule has 1 rings (SSSR count). The van der Waals surface area contributed by atoms with Crippen LogP contribution in [0.4, 0.5) is 0 Å². The van der Waals surface area contributed by atoms with E-state index in [1.807, 2.05) is 11.9 Å². The van der Waals surface area contributed by atoms with Crippen molar-refractivity contribution in [2.24, 2.45) is 0 Å². The summed E-state index contributed by atoms with van der Waals surface area (Å²) >= 11 is 0. The second-order valence-electron chi connectivity index (χ2n) is 5.32. The van der Waals surface area contributed by atoms with Gasteiger partial charge in [0, 0.05) is 12.0 Å². The molecule has 0 bridgehead atoms. The Kier molecular flexibility index (Phi) is 4.29. The Morgan fingerprint density at radius 2 is 1.82 bits per heavy atom. The van der Waals surface area contributed by atoms with Crippen LogP contribution >= 0.6 is 0 Å². The van der Waals surface area contributed by atoms with Gasteiger partial charge in [-0.2, -0.15) is 0 Å². The van der Waals surface area contributed by atoms with Crippen LogP contribution in [0.15, 0.2) is 24.3 Å². The molecule has 1 aromatic carbocycles. The third-order valence-corrected chi connectivity index (χ3v) is 2.90. The molecule has 3 nitrogen and oxygen atoms in total. The van der Waals surface area contributed by atoms with E-state index in [1.165, 1.54) is 11.1 Å². The predicted molar refractivity (Wildman–Crippen MR) is 69.3 cm³/mol. The zero-order chi connectivity index (χ0) is 13.1. The van der Waals surface area contributed by atoms with E-state index in [0.717, 1.165) is 6.54 Å². The maximum Gasteiger partial charge on any atom is 0.317 e. The van der Waals surface area contributed by atoms with E-state index in [1.54, 1.807) is 0 Å². The van der Waals surface area contributed by atoms with Gasteiger partial charge in [-0.05, 0) is 19.5 Å². The van der Waals surface area contributed by atoms with Crippen molar-refractivity contribution in [2.75, 3.05) is 20.1 Å². The first-order valence-electron chi connectivity index (χ1n) is 5.79. The smallest absolute Gasteiger partial charge is 0.317 e. The molecule has 0 saturated heterocycles. The number of carboxylic acids is 1. The molecule has 1 aromatic rings. The number of rotatable bonds is 5. The quantitative estimate of drug-likeness (QED) is 0.851. The zero-order valence-corrected chi connectivity index (χ0v) is 11.0. The SMILES string of the molecule is Cc1ccc(C(C)(C)CN(C)CC(=O)O)cc1. The maximum atomic E-state index is 10.6. The topological polar surface area (TPSA) is 40.5 Å². The Labute approximate surface area is 103 Å². The first-order chi connectivity index (χ1) is 7.81. The van der Waals surface area contributed by atoms with Crippen molar-refractivity contribution in [3.63, 3.8) is 0 Å². The van der Waals surface area contributed by atoms with Gasteiger partial charge in [-0.1, -0.05) is 43.7 Å². The standard InChI is InChI=1S/C14H21NO2/c1-11-5-7-12(8-6-11)14(2,3)10-15(4)9-13(16)17/h5-8H,9-10H2,1-4H3,(H,16,17). The fourth-order valence-corrected chi connectivity index (χ4v) is 2.06. The molecule has 0 aliphatic heterocycles. The largest absolute Gasteiger partial charge is 0.480 e. The van der Waals surface area contributed by atoms with Crippen LogP contribution in [-0.2, 0) is 10.2 Å². The van der Waals surface area contributed by atoms with Crippen LogP contribution in [0.5, 0.6) is 0 Å². The maximum absolute atomic E-state index is 10.6. The normalized spacial score (nSPS) is 11.8. The molecule has 17 heavy (non-hydrogen) atoms. The molecule has 0 aliphatic carbocycles. The first-order valence-corrected chi connectivity index (χ1v) is 5.79. The Bertz CT molecular complexity index is 382. The van der Waals surface area contributed by atoms with Crippen LogP contribution in [0.2, 0.25) is 0 Å². The minimum absolute atomic E-state index is 0.0438. The molecule has 0 saturated carbocycles. The van der Waals surface area contributed by atoms with Gasteiger partial charge in [0.2, 0.25) is 0 Å². The second-order valence-corrected chi connectivity index (χ2v) is 5.32. The molecular formula is C14H21NO2. The van der Waals surface area contributed by atoms with E-state index in [2.05, 4.69) is 45.0 Å². The number of hydrogen-bond donors (Lipinski definition) is 1. The number of carbonyl (C=O) groups is 1. The van der Waals surface area contributed by atoms with Crippen LogP contribution in [0.3, 0.4) is 0 Å². The fourth-order valence-electron chi connectivity index (χ4n) is 2.06. The van der Waals surface area contributed by atoms with Gasteiger partial charge in [-0.3, -0.25) is 9.69 Å². The van der Waals surface area contributed by atoms with Gasteiger partial charge >= 0.3 is 5.97 Å². The molecule has 0 heterocycles. The number of aryl methyl sites for hydroxylation is 1. The number of carboxylic acid groups (broad SMARTS) is 1. The van der Waals surface area contributed by atoms with Gasteiger partial charge in [0.25, 0.3) is 0 Å². The number of benzene rings is 1. The molecule has 0 unspecified atom stereocenters. The average molecular weight is 235 g/mol. The lowest BCUT2D eigenvalue weighted by Gasteiger charge is -2.30. The monoisotopic (exact) mass is 235 g/mol. The van der Waals surface area contributed by atoms with E-state index in [9.17, 15) is 4.79 Å². The highest BCUT2D eigenvalue weighted by atomic mass is 16.4. The summed E-state index contributed by atoms with van der Waals surface area (Å²) in [6.07, 6.45) is 0. The van der Waals surface area contributed by atoms with Crippen molar-refractivity contribution in [1.29, 1.82) is 0 Å². The van der Waals surface area contributed by atoms with Crippen LogP contribution < -0.4 is 0 Å². The lowest BCUT2D eigenvalue weighted by atomic mass is 9.84. The molecule has 0 spiro atoms. The summed E-state index contributed by atoms with van der Waals surface area (Å²) in [4.78, 5) is 12.5. The predicted octanol–water partition coefficient (Wildman–Crippen LogP) is 2.29. The molecule has 0 aliphatic rings. The summed E-state index contributed by atoms with van der Waals surface area (Å²) in [6.45, 7) is 7.14. The molecule has 0 aromatic heterocycles. The van der Waals surface area contributed by atoms with Gasteiger partial charge in [0.05, 0.1) is 6.54 Å². The average Bonchev–Trinajstić information content (AvgIpc) is 2.15. The molecular weight excluding hydrogens is 214 g/mol. The van der Waals surface area contributed by atoms with E-state index in [0.29, 0.717) is 0 Å². The van der Waals surface area contributed by atoms with Crippen LogP contribution in [0.25, 0.3) is 0 Å². The van der Waals surface area contributed by atoms with E-state index in [-0.39, 0.29) is 12.0 Å². The Hall–Kier alpha value is -1.35. The number of nitrogens with zero attached hydrogens (tertiary/aromatic N) is 1. The molecule has 0 atom stereocenters. The highest BCUT2D eigenvalue weighted by molar-refractivity contribution is 5.69. The van der Waals surface area contributed by atoms with Gasteiger partial charge in [-0.25, -0.2) is 0 Å². The summed E-state index contributed by atoms with van der Waals surface area (Å²) in [7, 11) is 1.84. The van der Waals surface area contributed by atoms with Crippen LogP contribution in [0.1, 0.15) is 25.0 Å². The molecule has 1 N–H and O–H groups in total. The highest BCUT2D eigenvalue weighted by Crippen LogP contribution is 2.24. The van der Waals surface area contributed by atoms with Crippen LogP contribution in [0, 0.1) is 6.92 Å². The van der Waals surface area contributed by atoms with Crippen LogP contribution in [-0.4, -0.2) is 36.1 Å². The number of aliphatic carboxylic acids is 1. The molecule has 0 amide bonds. The Balaban J connectivity index is 2.73. The fraction of sp³-hybridized carbons (Fsp3) is 0.500. The summed E-state index contributed by atoms with van der Waals surface area (Å²) in [5, 5.41) is 8.75. The number of likely N-dealkylation sites (N-methyl/N-ethyl adjacent to an activating group) is 1. The van der Waals surface area contributed by atoms with E-state index < -0.39 is 5.97 Å². The Morgan fingerprint density at radius 3 is 2.29 bits per heavy atom. The molecule has 0 fully saturated rings. The minimum atomic E-state index is -0.785. The highest BCUT2D eigenvalue weighted by Gasteiger charge is 2.23. The lowest BCUT2D eigenvalue weighted by Crippen LogP contribution is -2.37. The first kappa shape index (κ1) is 13.7. The van der Waals surface area contributed by atoms with Crippen molar-refractivity contribution < 1.29 is 9.90 Å². The molecule has 94 valence electrons. The molecule has 3 heteroatoms. The Morgan fingerprint density at radius 1 is 1.29 bits per heavy atom. The summed E-state index contributed by atoms with van der Waals surface area (Å²) in [5.74, 6) is -0.785. The van der Waals surface area contributed by atoms with Crippen molar-refractivity contribution in [3.8, 4) is 0 Å².